The molecule has 128 valence electrons. The third-order valence-electron chi connectivity index (χ3n) is 4.70. The molecule has 7 heteroatoms. The van der Waals surface area contributed by atoms with Gasteiger partial charge in [0.25, 0.3) is 5.78 Å². The number of hydrogen-bond acceptors (Lipinski definition) is 6. The summed E-state index contributed by atoms with van der Waals surface area (Å²) in [6.45, 7) is 3.17. The molecule has 7 nitrogen and oxygen atoms in total. The van der Waals surface area contributed by atoms with Gasteiger partial charge in [-0.25, -0.2) is 4.98 Å². The van der Waals surface area contributed by atoms with Gasteiger partial charge < -0.3 is 14.8 Å². The zero-order valence-corrected chi connectivity index (χ0v) is 14.0. The van der Waals surface area contributed by atoms with Gasteiger partial charge in [0.15, 0.2) is 11.5 Å². The standard InChI is InChI=1S/C18H19N5O2/c1-11-8-16(23-18(21-11)19-10-20-23)22-17(12-2-3-12)13-4-5-14-15(9-13)25-7-6-24-14/h4-5,8-10,12,17,22H,2-3,6-7H2,1H3. The number of aryl methyl sites for hydroxylation is 1. The van der Waals surface area contributed by atoms with Crippen molar-refractivity contribution in [2.75, 3.05) is 18.5 Å². The van der Waals surface area contributed by atoms with E-state index in [1.807, 2.05) is 19.1 Å². The number of anilines is 1. The molecule has 5 rings (SSSR count). The van der Waals surface area contributed by atoms with Crippen LogP contribution in [-0.2, 0) is 0 Å². The Morgan fingerprint density at radius 3 is 2.84 bits per heavy atom. The molecule has 25 heavy (non-hydrogen) atoms. The zero-order chi connectivity index (χ0) is 16.8. The van der Waals surface area contributed by atoms with Crippen LogP contribution in [0.5, 0.6) is 11.5 Å². The average molecular weight is 337 g/mol. The van der Waals surface area contributed by atoms with Gasteiger partial charge in [0.1, 0.15) is 25.4 Å². The van der Waals surface area contributed by atoms with Crippen molar-refractivity contribution in [2.45, 2.75) is 25.8 Å². The zero-order valence-electron chi connectivity index (χ0n) is 14.0. The molecule has 1 aliphatic carbocycles. The minimum absolute atomic E-state index is 0.199. The highest BCUT2D eigenvalue weighted by atomic mass is 16.6. The molecule has 1 fully saturated rings. The topological polar surface area (TPSA) is 73.6 Å². The fourth-order valence-corrected chi connectivity index (χ4v) is 3.35. The largest absolute Gasteiger partial charge is 0.486 e. The molecule has 1 aromatic carbocycles. The molecule has 3 heterocycles. The molecule has 3 aromatic rings. The van der Waals surface area contributed by atoms with Gasteiger partial charge in [-0.2, -0.15) is 14.6 Å². The van der Waals surface area contributed by atoms with Crippen LogP contribution >= 0.6 is 0 Å². The molecule has 0 radical (unpaired) electrons. The number of rotatable bonds is 4. The Morgan fingerprint density at radius 1 is 1.16 bits per heavy atom. The number of fused-ring (bicyclic) bond motifs is 2. The van der Waals surface area contributed by atoms with Gasteiger partial charge in [0.2, 0.25) is 0 Å². The predicted molar refractivity (Wildman–Crippen MR) is 92.0 cm³/mol. The Morgan fingerprint density at radius 2 is 2.00 bits per heavy atom. The summed E-state index contributed by atoms with van der Waals surface area (Å²) in [6.07, 6.45) is 3.97. The molecule has 0 saturated heterocycles. The molecule has 0 amide bonds. The molecule has 1 aliphatic heterocycles. The lowest BCUT2D eigenvalue weighted by Crippen LogP contribution is -2.18. The normalized spacial score (nSPS) is 17.5. The van der Waals surface area contributed by atoms with E-state index < -0.39 is 0 Å². The van der Waals surface area contributed by atoms with Crippen molar-refractivity contribution in [2.24, 2.45) is 5.92 Å². The van der Waals surface area contributed by atoms with Gasteiger partial charge in [-0.05, 0) is 43.4 Å². The van der Waals surface area contributed by atoms with Crippen LogP contribution in [0.15, 0.2) is 30.6 Å². The fourth-order valence-electron chi connectivity index (χ4n) is 3.35. The Balaban J connectivity index is 1.52. The molecule has 2 aliphatic rings. The molecular formula is C18H19N5O2. The predicted octanol–water partition coefficient (Wildman–Crippen LogP) is 2.77. The quantitative estimate of drug-likeness (QED) is 0.789. The van der Waals surface area contributed by atoms with Crippen molar-refractivity contribution in [3.63, 3.8) is 0 Å². The van der Waals surface area contributed by atoms with E-state index in [4.69, 9.17) is 9.47 Å². The number of aromatic nitrogens is 4. The minimum atomic E-state index is 0.199. The molecule has 1 atom stereocenters. The number of nitrogens with one attached hydrogen (secondary N) is 1. The summed E-state index contributed by atoms with van der Waals surface area (Å²) in [5.41, 5.74) is 2.12. The van der Waals surface area contributed by atoms with Crippen molar-refractivity contribution < 1.29 is 9.47 Å². The highest BCUT2D eigenvalue weighted by Crippen LogP contribution is 2.44. The van der Waals surface area contributed by atoms with Crippen LogP contribution in [0, 0.1) is 12.8 Å². The smallest absolute Gasteiger partial charge is 0.254 e. The Labute approximate surface area is 145 Å². The summed E-state index contributed by atoms with van der Waals surface area (Å²) in [6, 6.07) is 8.43. The third-order valence-corrected chi connectivity index (χ3v) is 4.70. The van der Waals surface area contributed by atoms with Crippen molar-refractivity contribution in [1.82, 2.24) is 19.6 Å². The second-order valence-corrected chi connectivity index (χ2v) is 6.62. The minimum Gasteiger partial charge on any atom is -0.486 e. The number of nitrogens with zero attached hydrogens (tertiary/aromatic N) is 4. The van der Waals surface area contributed by atoms with Crippen molar-refractivity contribution in [3.05, 3.63) is 41.9 Å². The number of benzene rings is 1. The molecule has 1 saturated carbocycles. The first-order valence-electron chi connectivity index (χ1n) is 8.61. The maximum absolute atomic E-state index is 5.75. The van der Waals surface area contributed by atoms with Crippen LogP contribution in [-0.4, -0.2) is 32.8 Å². The summed E-state index contributed by atoms with van der Waals surface area (Å²) < 4.78 is 13.1. The molecule has 2 aromatic heterocycles. The van der Waals surface area contributed by atoms with Crippen LogP contribution in [0.1, 0.15) is 30.1 Å². The van der Waals surface area contributed by atoms with Crippen LogP contribution in [0.2, 0.25) is 0 Å². The van der Waals surface area contributed by atoms with Gasteiger partial charge in [0, 0.05) is 11.8 Å². The first-order valence-corrected chi connectivity index (χ1v) is 8.61. The van der Waals surface area contributed by atoms with E-state index in [1.54, 1.807) is 4.52 Å². The van der Waals surface area contributed by atoms with E-state index in [0.717, 1.165) is 23.0 Å². The van der Waals surface area contributed by atoms with Gasteiger partial charge in [-0.3, -0.25) is 0 Å². The molecular weight excluding hydrogens is 318 g/mol. The third kappa shape index (κ3) is 2.65. The first-order chi connectivity index (χ1) is 12.3. The lowest BCUT2D eigenvalue weighted by atomic mass is 10.0. The molecule has 0 spiro atoms. The van der Waals surface area contributed by atoms with Crippen LogP contribution < -0.4 is 14.8 Å². The monoisotopic (exact) mass is 337 g/mol. The lowest BCUT2D eigenvalue weighted by Gasteiger charge is -2.24. The average Bonchev–Trinajstić information content (AvgIpc) is 3.36. The van der Waals surface area contributed by atoms with E-state index in [-0.39, 0.29) is 6.04 Å². The van der Waals surface area contributed by atoms with E-state index in [1.165, 1.54) is 24.7 Å². The van der Waals surface area contributed by atoms with Gasteiger partial charge in [0.05, 0.1) is 6.04 Å². The maximum Gasteiger partial charge on any atom is 0.254 e. The highest BCUT2D eigenvalue weighted by molar-refractivity contribution is 5.50. The van der Waals surface area contributed by atoms with Gasteiger partial charge in [-0.15, -0.1) is 0 Å². The van der Waals surface area contributed by atoms with Crippen molar-refractivity contribution in [3.8, 4) is 11.5 Å². The number of hydrogen-bond donors (Lipinski definition) is 1. The van der Waals surface area contributed by atoms with E-state index >= 15 is 0 Å². The lowest BCUT2D eigenvalue weighted by molar-refractivity contribution is 0.171. The SMILES string of the molecule is Cc1cc(NC(c2ccc3c(c2)OCCO3)C2CC2)n2ncnc2n1. The van der Waals surface area contributed by atoms with Crippen LogP contribution in [0.3, 0.4) is 0 Å². The Kier molecular flexibility index (Phi) is 3.26. The second-order valence-electron chi connectivity index (χ2n) is 6.62. The van der Waals surface area contributed by atoms with Gasteiger partial charge in [-0.1, -0.05) is 6.07 Å². The van der Waals surface area contributed by atoms with E-state index in [2.05, 4.69) is 32.5 Å². The maximum atomic E-state index is 5.75. The van der Waals surface area contributed by atoms with E-state index in [0.29, 0.717) is 24.9 Å². The number of ether oxygens (including phenoxy) is 2. The second kappa shape index (κ2) is 5.61. The Bertz CT molecular complexity index is 934. The van der Waals surface area contributed by atoms with E-state index in [9.17, 15) is 0 Å². The molecule has 0 bridgehead atoms. The van der Waals surface area contributed by atoms with Crippen molar-refractivity contribution >= 4 is 11.6 Å². The summed E-state index contributed by atoms with van der Waals surface area (Å²) in [5, 5.41) is 7.95. The summed E-state index contributed by atoms with van der Waals surface area (Å²) >= 11 is 0. The summed E-state index contributed by atoms with van der Waals surface area (Å²) in [5.74, 6) is 3.77. The summed E-state index contributed by atoms with van der Waals surface area (Å²) in [4.78, 5) is 8.61. The highest BCUT2D eigenvalue weighted by Gasteiger charge is 2.33. The van der Waals surface area contributed by atoms with Crippen LogP contribution in [0.4, 0.5) is 5.82 Å². The molecule has 1 unspecified atom stereocenters. The molecule has 1 N–H and O–H groups in total. The first kappa shape index (κ1) is 14.5. The fraction of sp³-hybridized carbons (Fsp3) is 0.389. The van der Waals surface area contributed by atoms with Crippen molar-refractivity contribution in [1.29, 1.82) is 0 Å². The van der Waals surface area contributed by atoms with Gasteiger partial charge >= 0.3 is 0 Å². The summed E-state index contributed by atoms with van der Waals surface area (Å²) in [7, 11) is 0. The van der Waals surface area contributed by atoms with Crippen LogP contribution in [0.25, 0.3) is 5.78 Å². The Hall–Kier alpha value is -2.83.